The third kappa shape index (κ3) is 7.58. The summed E-state index contributed by atoms with van der Waals surface area (Å²) < 4.78 is 6.49. The number of benzene rings is 1. The number of esters is 1. The molecule has 0 aliphatic carbocycles. The summed E-state index contributed by atoms with van der Waals surface area (Å²) in [5.74, 6) is -1.52. The van der Waals surface area contributed by atoms with Crippen molar-refractivity contribution in [3.63, 3.8) is 0 Å². The van der Waals surface area contributed by atoms with E-state index in [1.54, 1.807) is 36.9 Å². The summed E-state index contributed by atoms with van der Waals surface area (Å²) >= 11 is 5.07. The molecule has 1 atom stereocenters. The van der Waals surface area contributed by atoms with Crippen LogP contribution in [0.2, 0.25) is 0 Å². The molecule has 0 saturated heterocycles. The standard InChI is InChI=1S/C16H21N5O4S.2Na/c1-3-25-15(24)11(2)20(9-5-8-14(22)23)12-6-4-7-13(10-12)21-16(26)17-18-19-21;;/h4,6-7,10-11H,3,5,8-9H2,1-2H3,(H,22,23)(H,17,19,26);;/q;2*+1/p-2. The van der Waals surface area contributed by atoms with Gasteiger partial charge in [-0.05, 0) is 55.3 Å². The number of carboxylic acids is 1. The number of nitrogens with zero attached hydrogens (tertiary/aromatic N) is 5. The first-order valence-corrected chi connectivity index (χ1v) is 8.53. The molecule has 12 heteroatoms. The number of aromatic nitrogens is 4. The van der Waals surface area contributed by atoms with Gasteiger partial charge in [-0.1, -0.05) is 6.07 Å². The van der Waals surface area contributed by atoms with Crippen molar-refractivity contribution in [2.75, 3.05) is 18.1 Å². The van der Waals surface area contributed by atoms with Crippen LogP contribution in [0, 0.1) is 0 Å². The molecule has 2 aromatic rings. The molecule has 140 valence electrons. The smallest absolute Gasteiger partial charge is 0.738 e. The molecule has 28 heavy (non-hydrogen) atoms. The summed E-state index contributed by atoms with van der Waals surface area (Å²) in [7, 11) is 0. The number of carboxylic acid groups (broad SMARTS) is 1. The van der Waals surface area contributed by atoms with Gasteiger partial charge in [-0.25, -0.2) is 9.48 Å². The van der Waals surface area contributed by atoms with Crippen LogP contribution in [0.15, 0.2) is 29.4 Å². The number of hydrogen-bond donors (Lipinski definition) is 0. The normalized spacial score (nSPS) is 10.9. The molecule has 1 aromatic carbocycles. The van der Waals surface area contributed by atoms with Gasteiger partial charge in [-0.15, -0.1) is 5.10 Å². The average Bonchev–Trinajstić information content (AvgIpc) is 3.04. The van der Waals surface area contributed by atoms with Gasteiger partial charge in [0.2, 0.25) is 0 Å². The third-order valence-electron chi connectivity index (χ3n) is 3.72. The van der Waals surface area contributed by atoms with Crippen LogP contribution < -0.4 is 69.1 Å². The number of carbonyl (C=O) groups excluding carboxylic acids is 2. The molecule has 0 fully saturated rings. The van der Waals surface area contributed by atoms with Crippen LogP contribution in [-0.4, -0.2) is 51.3 Å². The Morgan fingerprint density at radius 2 is 2.07 bits per heavy atom. The Kier molecular flexibility index (Phi) is 13.1. The van der Waals surface area contributed by atoms with E-state index in [2.05, 4.69) is 15.5 Å². The fourth-order valence-electron chi connectivity index (χ4n) is 2.47. The molecule has 0 radical (unpaired) electrons. The van der Waals surface area contributed by atoms with E-state index in [1.807, 2.05) is 6.07 Å². The van der Waals surface area contributed by atoms with Crippen LogP contribution in [0.4, 0.5) is 5.69 Å². The second kappa shape index (κ2) is 13.5. The molecule has 1 unspecified atom stereocenters. The molecule has 1 heterocycles. The van der Waals surface area contributed by atoms with Gasteiger partial charge in [0.05, 0.1) is 12.3 Å². The molecule has 0 amide bonds. The van der Waals surface area contributed by atoms with Crippen molar-refractivity contribution in [3.8, 4) is 5.69 Å². The van der Waals surface area contributed by atoms with E-state index in [9.17, 15) is 14.7 Å². The summed E-state index contributed by atoms with van der Waals surface area (Å²) in [5.41, 5.74) is 1.34. The molecule has 1 aromatic heterocycles. The maximum Gasteiger partial charge on any atom is 1.00 e. The fraction of sp³-hybridized carbons (Fsp3) is 0.438. The predicted molar refractivity (Wildman–Crippen MR) is 92.5 cm³/mol. The van der Waals surface area contributed by atoms with Crippen LogP contribution in [0.5, 0.6) is 0 Å². The molecule has 2 rings (SSSR count). The van der Waals surface area contributed by atoms with Crippen molar-refractivity contribution in [1.29, 1.82) is 0 Å². The second-order valence-corrected chi connectivity index (χ2v) is 5.86. The Morgan fingerprint density at radius 1 is 1.36 bits per heavy atom. The first kappa shape index (κ1) is 27.2. The molecule has 0 bridgehead atoms. The van der Waals surface area contributed by atoms with Crippen LogP contribution in [0.3, 0.4) is 0 Å². The third-order valence-corrected chi connectivity index (χ3v) is 3.98. The Hall–Kier alpha value is -0.750. The van der Waals surface area contributed by atoms with Crippen molar-refractivity contribution in [1.82, 2.24) is 20.2 Å². The Labute approximate surface area is 213 Å². The first-order chi connectivity index (χ1) is 12.4. The van der Waals surface area contributed by atoms with E-state index in [1.165, 1.54) is 4.68 Å². The van der Waals surface area contributed by atoms with E-state index < -0.39 is 18.0 Å². The van der Waals surface area contributed by atoms with Crippen molar-refractivity contribution in [2.24, 2.45) is 0 Å². The summed E-state index contributed by atoms with van der Waals surface area (Å²) in [5, 5.41) is 22.0. The molecule has 0 aliphatic heterocycles. The molecular weight excluding hydrogens is 404 g/mol. The monoisotopic (exact) mass is 423 g/mol. The topological polar surface area (TPSA) is 113 Å². The number of anilines is 1. The molecular formula is C16H19N5Na2O4S. The van der Waals surface area contributed by atoms with Gasteiger partial charge < -0.3 is 32.2 Å². The van der Waals surface area contributed by atoms with E-state index in [-0.39, 0.29) is 77.3 Å². The van der Waals surface area contributed by atoms with Crippen molar-refractivity contribution >= 4 is 30.3 Å². The van der Waals surface area contributed by atoms with Crippen LogP contribution >= 0.6 is 0 Å². The van der Waals surface area contributed by atoms with Gasteiger partial charge in [-0.3, -0.25) is 0 Å². The van der Waals surface area contributed by atoms with E-state index >= 15 is 0 Å². The summed E-state index contributed by atoms with van der Waals surface area (Å²) in [6.45, 7) is 4.04. The number of tetrazole rings is 1. The van der Waals surface area contributed by atoms with Crippen molar-refractivity contribution in [3.05, 3.63) is 24.3 Å². The Morgan fingerprint density at radius 3 is 2.64 bits per heavy atom. The Balaban J connectivity index is 0.00000364. The molecule has 0 aliphatic rings. The quantitative estimate of drug-likeness (QED) is 0.221. The minimum absolute atomic E-state index is 0. The summed E-state index contributed by atoms with van der Waals surface area (Å²) in [6.07, 6.45) is 0.225. The molecule has 0 N–H and O–H groups in total. The number of ether oxygens (including phenoxy) is 1. The van der Waals surface area contributed by atoms with Crippen LogP contribution in [0.1, 0.15) is 26.7 Å². The number of carbonyl (C=O) groups is 2. The number of rotatable bonds is 9. The van der Waals surface area contributed by atoms with Gasteiger partial charge in [-0.2, -0.15) is 0 Å². The molecule has 0 spiro atoms. The van der Waals surface area contributed by atoms with Gasteiger partial charge in [0.1, 0.15) is 6.04 Å². The average molecular weight is 423 g/mol. The minimum atomic E-state index is -1.13. The summed E-state index contributed by atoms with van der Waals surface area (Å²) in [4.78, 5) is 24.7. The van der Waals surface area contributed by atoms with Crippen molar-refractivity contribution in [2.45, 2.75) is 37.9 Å². The fourth-order valence-corrected chi connectivity index (χ4v) is 2.65. The zero-order valence-corrected chi connectivity index (χ0v) is 21.3. The minimum Gasteiger partial charge on any atom is -0.738 e. The number of aliphatic carboxylic acids is 1. The maximum absolute atomic E-state index is 12.2. The van der Waals surface area contributed by atoms with Gasteiger partial charge >= 0.3 is 65.1 Å². The van der Waals surface area contributed by atoms with Gasteiger partial charge in [0.15, 0.2) is 0 Å². The van der Waals surface area contributed by atoms with E-state index in [4.69, 9.17) is 17.4 Å². The molecule has 9 nitrogen and oxygen atoms in total. The Bertz CT molecular complexity index is 777. The largest absolute Gasteiger partial charge is 1.00 e. The van der Waals surface area contributed by atoms with E-state index in [0.717, 1.165) is 0 Å². The van der Waals surface area contributed by atoms with E-state index in [0.29, 0.717) is 24.3 Å². The SMILES string of the molecule is CCOC(=O)C(C)N(CCCC(=O)[O-])c1cccc(-n2nnnc2[S-])c1.[Na+].[Na+]. The maximum atomic E-state index is 12.2. The summed E-state index contributed by atoms with van der Waals surface area (Å²) in [6, 6.07) is 6.56. The van der Waals surface area contributed by atoms with Crippen molar-refractivity contribution < 1.29 is 78.5 Å². The van der Waals surface area contributed by atoms with Crippen LogP contribution in [0.25, 0.3) is 5.69 Å². The first-order valence-electron chi connectivity index (χ1n) is 8.13. The zero-order chi connectivity index (χ0) is 19.1. The van der Waals surface area contributed by atoms with Crippen LogP contribution in [-0.2, 0) is 27.0 Å². The van der Waals surface area contributed by atoms with Gasteiger partial charge in [0.25, 0.3) is 0 Å². The zero-order valence-electron chi connectivity index (χ0n) is 16.5. The number of hydrogen-bond acceptors (Lipinski definition) is 9. The molecule has 0 saturated carbocycles. The second-order valence-electron chi connectivity index (χ2n) is 5.49. The predicted octanol–water partition coefficient (Wildman–Crippen LogP) is -6.14. The van der Waals surface area contributed by atoms with Gasteiger partial charge in [0, 0.05) is 23.4 Å².